The highest BCUT2D eigenvalue weighted by Gasteiger charge is 2.06. The van der Waals surface area contributed by atoms with Crippen molar-refractivity contribution in [2.45, 2.75) is 0 Å². The van der Waals surface area contributed by atoms with Crippen molar-refractivity contribution in [3.8, 4) is 0 Å². The van der Waals surface area contributed by atoms with Gasteiger partial charge in [0.2, 0.25) is 0 Å². The van der Waals surface area contributed by atoms with E-state index in [4.69, 9.17) is 16.7 Å². The number of rotatable bonds is 3. The number of aliphatic hydroxyl groups excluding tert-OH is 1. The second-order valence-corrected chi connectivity index (χ2v) is 3.90. The maximum absolute atomic E-state index is 11.1. The normalized spacial score (nSPS) is 9.80. The number of carbonyl (C=O) groups excluding carboxylic acids is 1. The Kier molecular flexibility index (Phi) is 4.87. The lowest BCUT2D eigenvalue weighted by Gasteiger charge is -2.07. The summed E-state index contributed by atoms with van der Waals surface area (Å²) in [6.45, 7) is -0.242. The molecule has 1 aromatic carbocycles. The van der Waals surface area contributed by atoms with Crippen LogP contribution in [-0.4, -0.2) is 24.4 Å². The van der Waals surface area contributed by atoms with Gasteiger partial charge in [-0.3, -0.25) is 5.32 Å². The van der Waals surface area contributed by atoms with Crippen molar-refractivity contribution in [1.82, 2.24) is 0 Å². The van der Waals surface area contributed by atoms with Crippen molar-refractivity contribution < 1.29 is 14.6 Å². The van der Waals surface area contributed by atoms with Gasteiger partial charge >= 0.3 is 6.09 Å². The molecular weight excluding hydrogens is 285 g/mol. The van der Waals surface area contributed by atoms with Crippen LogP contribution in [0.1, 0.15) is 0 Å². The number of aliphatic hydroxyl groups is 1. The number of ether oxygens (including phenoxy) is 1. The molecule has 0 radical (unpaired) electrons. The third-order valence-corrected chi connectivity index (χ3v) is 2.42. The first-order valence-electron chi connectivity index (χ1n) is 4.13. The van der Waals surface area contributed by atoms with Crippen LogP contribution in [0.4, 0.5) is 10.5 Å². The van der Waals surface area contributed by atoms with E-state index in [1.165, 1.54) is 0 Å². The van der Waals surface area contributed by atoms with Crippen LogP contribution in [0.2, 0.25) is 5.02 Å². The molecule has 0 fully saturated rings. The van der Waals surface area contributed by atoms with Gasteiger partial charge in [-0.2, -0.15) is 0 Å². The monoisotopic (exact) mass is 293 g/mol. The molecule has 0 bridgehead atoms. The molecule has 0 aliphatic rings. The molecule has 1 rings (SSSR count). The van der Waals surface area contributed by atoms with Crippen molar-refractivity contribution in [3.63, 3.8) is 0 Å². The summed E-state index contributed by atoms with van der Waals surface area (Å²) in [6, 6.07) is 4.99. The fraction of sp³-hybridized carbons (Fsp3) is 0.222. The van der Waals surface area contributed by atoms with Gasteiger partial charge in [0.25, 0.3) is 0 Å². The first kappa shape index (κ1) is 12.3. The first-order chi connectivity index (χ1) is 7.13. The predicted octanol–water partition coefficient (Wildman–Crippen LogP) is 2.64. The summed E-state index contributed by atoms with van der Waals surface area (Å²) in [4.78, 5) is 11.1. The van der Waals surface area contributed by atoms with Gasteiger partial charge in [0.1, 0.15) is 6.61 Å². The Balaban J connectivity index is 2.63. The zero-order valence-corrected chi connectivity index (χ0v) is 10.0. The number of nitrogens with one attached hydrogen (secondary N) is 1. The Bertz CT molecular complexity index is 359. The molecule has 0 heterocycles. The number of halogens is 2. The number of benzene rings is 1. The zero-order valence-electron chi connectivity index (χ0n) is 7.67. The van der Waals surface area contributed by atoms with E-state index in [-0.39, 0.29) is 13.2 Å². The van der Waals surface area contributed by atoms with E-state index >= 15 is 0 Å². The third-order valence-electron chi connectivity index (χ3n) is 1.49. The van der Waals surface area contributed by atoms with E-state index in [1.807, 2.05) is 0 Å². The number of hydrogen-bond acceptors (Lipinski definition) is 3. The fourth-order valence-electron chi connectivity index (χ4n) is 0.878. The quantitative estimate of drug-likeness (QED) is 0.901. The summed E-state index contributed by atoms with van der Waals surface area (Å²) >= 11 is 9.00. The Hall–Kier alpha value is -0.780. The van der Waals surface area contributed by atoms with E-state index in [2.05, 4.69) is 26.0 Å². The van der Waals surface area contributed by atoms with Gasteiger partial charge in [-0.15, -0.1) is 0 Å². The maximum Gasteiger partial charge on any atom is 0.411 e. The van der Waals surface area contributed by atoms with Crippen molar-refractivity contribution in [1.29, 1.82) is 0 Å². The van der Waals surface area contributed by atoms with Crippen LogP contribution in [0.3, 0.4) is 0 Å². The molecule has 1 amide bonds. The highest BCUT2D eigenvalue weighted by molar-refractivity contribution is 9.10. The van der Waals surface area contributed by atoms with Gasteiger partial charge < -0.3 is 9.84 Å². The molecule has 1 aromatic rings. The molecular formula is C9H9BrClNO3. The molecule has 15 heavy (non-hydrogen) atoms. The van der Waals surface area contributed by atoms with Crippen LogP contribution in [0.25, 0.3) is 0 Å². The summed E-state index contributed by atoms with van der Waals surface area (Å²) in [5.41, 5.74) is 0.519. The molecule has 0 saturated heterocycles. The van der Waals surface area contributed by atoms with Crippen LogP contribution < -0.4 is 5.32 Å². The molecule has 0 unspecified atom stereocenters. The van der Waals surface area contributed by atoms with Crippen LogP contribution in [0, 0.1) is 0 Å². The zero-order chi connectivity index (χ0) is 11.3. The Labute approximate surface area is 100 Å². The molecule has 0 spiro atoms. The number of anilines is 1. The van der Waals surface area contributed by atoms with Crippen LogP contribution in [0.5, 0.6) is 0 Å². The Morgan fingerprint density at radius 1 is 1.60 bits per heavy atom. The van der Waals surface area contributed by atoms with E-state index in [1.54, 1.807) is 18.2 Å². The Morgan fingerprint density at radius 2 is 2.33 bits per heavy atom. The number of amides is 1. The highest BCUT2D eigenvalue weighted by atomic mass is 79.9. The lowest BCUT2D eigenvalue weighted by Crippen LogP contribution is -2.16. The van der Waals surface area contributed by atoms with E-state index < -0.39 is 6.09 Å². The summed E-state index contributed by atoms with van der Waals surface area (Å²) < 4.78 is 5.33. The molecule has 0 aliphatic carbocycles. The van der Waals surface area contributed by atoms with Gasteiger partial charge in [-0.05, 0) is 34.1 Å². The maximum atomic E-state index is 11.1. The summed E-state index contributed by atoms with van der Waals surface area (Å²) in [6.07, 6.45) is -0.632. The minimum atomic E-state index is -0.632. The lowest BCUT2D eigenvalue weighted by atomic mass is 10.3. The van der Waals surface area contributed by atoms with Crippen LogP contribution in [-0.2, 0) is 4.74 Å². The molecule has 2 N–H and O–H groups in total. The highest BCUT2D eigenvalue weighted by Crippen LogP contribution is 2.25. The molecule has 82 valence electrons. The van der Waals surface area contributed by atoms with Gasteiger partial charge in [0.05, 0.1) is 12.3 Å². The van der Waals surface area contributed by atoms with Gasteiger partial charge in [0.15, 0.2) is 0 Å². The number of carbonyl (C=O) groups is 1. The van der Waals surface area contributed by atoms with Crippen molar-refractivity contribution in [2.75, 3.05) is 18.5 Å². The minimum absolute atomic E-state index is 0.0377. The van der Waals surface area contributed by atoms with E-state index in [0.717, 1.165) is 0 Å². The standard InChI is InChI=1S/C9H9BrClNO3/c10-7-2-1-6(11)5-8(7)12-9(14)15-4-3-13/h1-2,5,13H,3-4H2,(H,12,14). The lowest BCUT2D eigenvalue weighted by molar-refractivity contribution is 0.131. The van der Waals surface area contributed by atoms with Gasteiger partial charge in [-0.25, -0.2) is 4.79 Å². The van der Waals surface area contributed by atoms with Crippen molar-refractivity contribution >= 4 is 39.3 Å². The second-order valence-electron chi connectivity index (χ2n) is 2.61. The topological polar surface area (TPSA) is 58.6 Å². The minimum Gasteiger partial charge on any atom is -0.447 e. The summed E-state index contributed by atoms with van der Waals surface area (Å²) in [5, 5.41) is 11.4. The fourth-order valence-corrected chi connectivity index (χ4v) is 1.40. The molecule has 0 atom stereocenters. The van der Waals surface area contributed by atoms with Gasteiger partial charge in [0, 0.05) is 9.50 Å². The second kappa shape index (κ2) is 5.95. The molecule has 6 heteroatoms. The first-order valence-corrected chi connectivity index (χ1v) is 5.30. The number of hydrogen-bond donors (Lipinski definition) is 2. The summed E-state index contributed by atoms with van der Waals surface area (Å²) in [5.74, 6) is 0. The van der Waals surface area contributed by atoms with Crippen LogP contribution in [0.15, 0.2) is 22.7 Å². The van der Waals surface area contributed by atoms with E-state index in [9.17, 15) is 4.79 Å². The molecule has 0 saturated carbocycles. The molecule has 4 nitrogen and oxygen atoms in total. The van der Waals surface area contributed by atoms with Crippen molar-refractivity contribution in [3.05, 3.63) is 27.7 Å². The average molecular weight is 295 g/mol. The van der Waals surface area contributed by atoms with Crippen LogP contribution >= 0.6 is 27.5 Å². The average Bonchev–Trinajstić information content (AvgIpc) is 2.20. The SMILES string of the molecule is O=C(Nc1cc(Cl)ccc1Br)OCCO. The third kappa shape index (κ3) is 4.07. The van der Waals surface area contributed by atoms with Gasteiger partial charge in [-0.1, -0.05) is 11.6 Å². The van der Waals surface area contributed by atoms with E-state index in [0.29, 0.717) is 15.2 Å². The predicted molar refractivity (Wildman–Crippen MR) is 61.2 cm³/mol. The molecule has 0 aliphatic heterocycles. The largest absolute Gasteiger partial charge is 0.447 e. The Morgan fingerprint density at radius 3 is 3.00 bits per heavy atom. The smallest absolute Gasteiger partial charge is 0.411 e. The molecule has 0 aromatic heterocycles. The van der Waals surface area contributed by atoms with Crippen molar-refractivity contribution in [2.24, 2.45) is 0 Å². The summed E-state index contributed by atoms with van der Waals surface area (Å²) in [7, 11) is 0.